The van der Waals surface area contributed by atoms with Gasteiger partial charge in [0.1, 0.15) is 6.23 Å². The zero-order valence-electron chi connectivity index (χ0n) is 13.4. The second kappa shape index (κ2) is 6.44. The first-order valence-electron chi connectivity index (χ1n) is 8.55. The van der Waals surface area contributed by atoms with E-state index in [1.165, 1.54) is 19.3 Å². The predicted molar refractivity (Wildman–Crippen MR) is 89.9 cm³/mol. The Morgan fingerprint density at radius 2 is 1.35 bits per heavy atom. The second-order valence-corrected chi connectivity index (χ2v) is 6.33. The topological polar surface area (TPSA) is 21.7 Å². The lowest BCUT2D eigenvalue weighted by Gasteiger charge is -2.33. The highest BCUT2D eigenvalue weighted by Crippen LogP contribution is 2.41. The summed E-state index contributed by atoms with van der Waals surface area (Å²) in [6.45, 7) is 2.82. The molecule has 0 saturated carbocycles. The quantitative estimate of drug-likeness (QED) is 0.862. The van der Waals surface area contributed by atoms with E-state index in [0.29, 0.717) is 6.61 Å². The summed E-state index contributed by atoms with van der Waals surface area (Å²) >= 11 is 0. The van der Waals surface area contributed by atoms with Crippen LogP contribution in [0.2, 0.25) is 0 Å². The van der Waals surface area contributed by atoms with E-state index in [0.717, 1.165) is 24.2 Å². The molecule has 0 spiro atoms. The van der Waals surface area contributed by atoms with Gasteiger partial charge in [-0.3, -0.25) is 4.90 Å². The van der Waals surface area contributed by atoms with Gasteiger partial charge in [0.05, 0.1) is 6.61 Å². The Kier molecular flexibility index (Phi) is 4.17. The van der Waals surface area contributed by atoms with Gasteiger partial charge in [0.25, 0.3) is 0 Å². The van der Waals surface area contributed by atoms with Crippen LogP contribution in [0.25, 0.3) is 0 Å². The van der Waals surface area contributed by atoms with Crippen LogP contribution in [0.4, 0.5) is 0 Å². The van der Waals surface area contributed by atoms with Crippen molar-refractivity contribution in [3.63, 3.8) is 0 Å². The Bertz CT molecular complexity index is 583. The van der Waals surface area contributed by atoms with Gasteiger partial charge in [-0.2, -0.15) is 0 Å². The zero-order valence-corrected chi connectivity index (χ0v) is 13.4. The normalized spacial score (nSPS) is 24.6. The minimum Gasteiger partial charge on any atom is -0.338 e. The van der Waals surface area contributed by atoms with E-state index in [2.05, 4.69) is 29.2 Å². The minimum atomic E-state index is -0.787. The molecule has 1 unspecified atom stereocenters. The van der Waals surface area contributed by atoms with Crippen molar-refractivity contribution in [3.05, 3.63) is 71.8 Å². The van der Waals surface area contributed by atoms with Crippen LogP contribution in [0.5, 0.6) is 0 Å². The minimum absolute atomic E-state index is 0.0377. The fraction of sp³-hybridized carbons (Fsp3) is 0.400. The Morgan fingerprint density at radius 3 is 1.91 bits per heavy atom. The molecule has 0 aromatic heterocycles. The van der Waals surface area contributed by atoms with Crippen LogP contribution in [0, 0.1) is 0 Å². The molecule has 2 saturated heterocycles. The third-order valence-electron chi connectivity index (χ3n) is 4.84. The summed E-state index contributed by atoms with van der Waals surface area (Å²) in [5, 5.41) is 0. The number of nitrogens with zero attached hydrogens (tertiary/aromatic N) is 1. The molecule has 0 amide bonds. The maximum Gasteiger partial charge on any atom is 0.224 e. The van der Waals surface area contributed by atoms with Gasteiger partial charge < -0.3 is 9.47 Å². The van der Waals surface area contributed by atoms with Gasteiger partial charge in [0.15, 0.2) is 0 Å². The molecule has 120 valence electrons. The molecule has 2 aliphatic rings. The summed E-state index contributed by atoms with van der Waals surface area (Å²) in [5.41, 5.74) is 2.12. The smallest absolute Gasteiger partial charge is 0.224 e. The molecule has 23 heavy (non-hydrogen) atoms. The number of hydrogen-bond acceptors (Lipinski definition) is 3. The summed E-state index contributed by atoms with van der Waals surface area (Å²) in [6, 6.07) is 20.6. The Labute approximate surface area is 137 Å². The Hall–Kier alpha value is -1.68. The largest absolute Gasteiger partial charge is 0.338 e. The van der Waals surface area contributed by atoms with Crippen LogP contribution < -0.4 is 0 Å². The molecule has 2 heterocycles. The van der Waals surface area contributed by atoms with Crippen molar-refractivity contribution in [1.82, 2.24) is 4.90 Å². The number of likely N-dealkylation sites (tertiary alicyclic amines) is 1. The molecule has 1 atom stereocenters. The number of benzene rings is 2. The van der Waals surface area contributed by atoms with Crippen molar-refractivity contribution in [1.29, 1.82) is 0 Å². The van der Waals surface area contributed by atoms with Crippen molar-refractivity contribution in [2.45, 2.75) is 31.3 Å². The number of hydrogen-bond donors (Lipinski definition) is 0. The molecular formula is C20H23NO2. The predicted octanol–water partition coefficient (Wildman–Crippen LogP) is 3.75. The van der Waals surface area contributed by atoms with E-state index in [1.807, 2.05) is 36.4 Å². The number of rotatable bonds is 3. The lowest BCUT2D eigenvalue weighted by atomic mass is 9.97. The van der Waals surface area contributed by atoms with Gasteiger partial charge in [-0.05, 0) is 12.8 Å². The molecule has 2 aliphatic heterocycles. The molecule has 0 radical (unpaired) electrons. The average molecular weight is 309 g/mol. The van der Waals surface area contributed by atoms with Crippen LogP contribution in [0.15, 0.2) is 60.7 Å². The zero-order chi connectivity index (χ0) is 15.5. The van der Waals surface area contributed by atoms with Gasteiger partial charge in [0, 0.05) is 24.2 Å². The molecule has 0 aliphatic carbocycles. The molecule has 2 aromatic carbocycles. The average Bonchev–Trinajstić information content (AvgIpc) is 3.11. The fourth-order valence-corrected chi connectivity index (χ4v) is 3.62. The van der Waals surface area contributed by atoms with Crippen LogP contribution in [0.1, 0.15) is 30.4 Å². The summed E-state index contributed by atoms with van der Waals surface area (Å²) in [5.74, 6) is -0.787. The van der Waals surface area contributed by atoms with E-state index >= 15 is 0 Å². The highest BCUT2D eigenvalue weighted by Gasteiger charge is 2.46. The van der Waals surface area contributed by atoms with Gasteiger partial charge in [-0.25, -0.2) is 0 Å². The van der Waals surface area contributed by atoms with Crippen LogP contribution >= 0.6 is 0 Å². The first-order valence-corrected chi connectivity index (χ1v) is 8.55. The lowest BCUT2D eigenvalue weighted by molar-refractivity contribution is -0.165. The van der Waals surface area contributed by atoms with Gasteiger partial charge in [-0.1, -0.05) is 67.1 Å². The van der Waals surface area contributed by atoms with Crippen molar-refractivity contribution in [3.8, 4) is 0 Å². The summed E-state index contributed by atoms with van der Waals surface area (Å²) < 4.78 is 12.9. The maximum absolute atomic E-state index is 6.56. The van der Waals surface area contributed by atoms with E-state index in [-0.39, 0.29) is 6.23 Å². The maximum atomic E-state index is 6.56. The van der Waals surface area contributed by atoms with Gasteiger partial charge >= 0.3 is 0 Å². The highest BCUT2D eigenvalue weighted by atomic mass is 16.8. The van der Waals surface area contributed by atoms with Crippen molar-refractivity contribution < 1.29 is 9.47 Å². The molecule has 2 aromatic rings. The fourth-order valence-electron chi connectivity index (χ4n) is 3.62. The van der Waals surface area contributed by atoms with E-state index in [4.69, 9.17) is 9.47 Å². The van der Waals surface area contributed by atoms with Crippen LogP contribution in [-0.4, -0.2) is 30.8 Å². The first-order chi connectivity index (χ1) is 11.4. The highest BCUT2D eigenvalue weighted by molar-refractivity contribution is 5.34. The number of ether oxygens (including phenoxy) is 2. The molecule has 4 rings (SSSR count). The monoisotopic (exact) mass is 309 g/mol. The third kappa shape index (κ3) is 2.80. The SMILES string of the molecule is c1ccc(C2(c3ccccc3)OCC(N3CCCCC3)O2)cc1. The molecular weight excluding hydrogens is 286 g/mol. The van der Waals surface area contributed by atoms with Crippen LogP contribution in [-0.2, 0) is 15.3 Å². The number of piperidine rings is 1. The van der Waals surface area contributed by atoms with Crippen LogP contribution in [0.3, 0.4) is 0 Å². The Balaban J connectivity index is 1.68. The standard InChI is InChI=1S/C20H23NO2/c1-4-10-17(11-5-1)20(18-12-6-2-7-13-18)22-16-19(23-20)21-14-8-3-9-15-21/h1-2,4-7,10-13,19H,3,8-9,14-16H2. The molecule has 0 N–H and O–H groups in total. The first kappa shape index (κ1) is 14.9. The summed E-state index contributed by atoms with van der Waals surface area (Å²) in [7, 11) is 0. The summed E-state index contributed by atoms with van der Waals surface area (Å²) in [4.78, 5) is 2.43. The van der Waals surface area contributed by atoms with Gasteiger partial charge in [-0.15, -0.1) is 0 Å². The van der Waals surface area contributed by atoms with E-state index < -0.39 is 5.79 Å². The van der Waals surface area contributed by atoms with Crippen molar-refractivity contribution >= 4 is 0 Å². The molecule has 0 bridgehead atoms. The third-order valence-corrected chi connectivity index (χ3v) is 4.84. The lowest BCUT2D eigenvalue weighted by Crippen LogP contribution is -2.42. The van der Waals surface area contributed by atoms with E-state index in [1.54, 1.807) is 0 Å². The Morgan fingerprint density at radius 1 is 0.783 bits per heavy atom. The summed E-state index contributed by atoms with van der Waals surface area (Å²) in [6.07, 6.45) is 3.87. The van der Waals surface area contributed by atoms with Gasteiger partial charge in [0.2, 0.25) is 5.79 Å². The molecule has 3 heteroatoms. The molecule has 2 fully saturated rings. The van der Waals surface area contributed by atoms with E-state index in [9.17, 15) is 0 Å². The van der Waals surface area contributed by atoms with Crippen molar-refractivity contribution in [2.24, 2.45) is 0 Å². The van der Waals surface area contributed by atoms with Crippen molar-refractivity contribution in [2.75, 3.05) is 19.7 Å². The molecule has 3 nitrogen and oxygen atoms in total. The second-order valence-electron chi connectivity index (χ2n) is 6.33.